The van der Waals surface area contributed by atoms with Gasteiger partial charge in [-0.2, -0.15) is 0 Å². The van der Waals surface area contributed by atoms with Crippen LogP contribution in [-0.4, -0.2) is 52.3 Å². The normalized spacial score (nSPS) is 12.1. The Morgan fingerprint density at radius 2 is 0.886 bits per heavy atom. The van der Waals surface area contributed by atoms with Crippen molar-refractivity contribution in [2.75, 3.05) is 40.1 Å². The Morgan fingerprint density at radius 3 is 1.27 bits per heavy atom. The van der Waals surface area contributed by atoms with Crippen molar-refractivity contribution >= 4 is 6.09 Å². The van der Waals surface area contributed by atoms with E-state index >= 15 is 0 Å². The zero-order chi connectivity index (χ0) is 32.0. The predicted molar refractivity (Wildman–Crippen MR) is 190 cm³/mol. The van der Waals surface area contributed by atoms with E-state index in [0.29, 0.717) is 13.2 Å². The molecule has 6 nitrogen and oxygen atoms in total. The molecule has 0 aromatic carbocycles. The van der Waals surface area contributed by atoms with Crippen LogP contribution in [0.1, 0.15) is 194 Å². The Kier molecular flexibility index (Phi) is 37.6. The Morgan fingerprint density at radius 1 is 0.523 bits per heavy atom. The molecule has 44 heavy (non-hydrogen) atoms. The van der Waals surface area contributed by atoms with Crippen molar-refractivity contribution < 1.29 is 19.0 Å². The fourth-order valence-corrected chi connectivity index (χ4v) is 5.71. The van der Waals surface area contributed by atoms with E-state index in [1.165, 1.54) is 167 Å². The molecule has 0 rings (SSSR count). The average Bonchev–Trinajstić information content (AvgIpc) is 3.03. The second-order valence-corrected chi connectivity index (χ2v) is 13.1. The third-order valence-corrected chi connectivity index (χ3v) is 8.62. The highest BCUT2D eigenvalue weighted by Gasteiger charge is 2.12. The summed E-state index contributed by atoms with van der Waals surface area (Å²) in [4.78, 5) is 11.9. The van der Waals surface area contributed by atoms with Crippen molar-refractivity contribution in [3.05, 3.63) is 0 Å². The summed E-state index contributed by atoms with van der Waals surface area (Å²) in [5.74, 6) is 0. The van der Waals surface area contributed by atoms with Crippen LogP contribution >= 0.6 is 0 Å². The first-order valence-electron chi connectivity index (χ1n) is 19.5. The van der Waals surface area contributed by atoms with Crippen LogP contribution in [0.4, 0.5) is 4.79 Å². The summed E-state index contributed by atoms with van der Waals surface area (Å²) >= 11 is 0. The van der Waals surface area contributed by atoms with Gasteiger partial charge in [-0.05, 0) is 19.9 Å². The molecule has 1 atom stereocenters. The molecule has 0 bridgehead atoms. The van der Waals surface area contributed by atoms with Crippen molar-refractivity contribution in [2.45, 2.75) is 200 Å². The predicted octanol–water partition coefficient (Wildman–Crippen LogP) is 11.3. The zero-order valence-electron chi connectivity index (χ0n) is 30.0. The highest BCUT2D eigenvalue weighted by atomic mass is 16.6. The van der Waals surface area contributed by atoms with Gasteiger partial charge in [-0.1, -0.05) is 181 Å². The number of amides is 1. The van der Waals surface area contributed by atoms with E-state index < -0.39 is 6.09 Å². The summed E-state index contributed by atoms with van der Waals surface area (Å²) < 4.78 is 17.1. The summed E-state index contributed by atoms with van der Waals surface area (Å²) in [5, 5.41) is 5.63. The number of rotatable bonds is 37. The van der Waals surface area contributed by atoms with Crippen LogP contribution < -0.4 is 10.6 Å². The van der Waals surface area contributed by atoms with Gasteiger partial charge >= 0.3 is 6.09 Å². The molecule has 0 aromatic rings. The van der Waals surface area contributed by atoms with Gasteiger partial charge in [0.1, 0.15) is 6.73 Å². The second kappa shape index (κ2) is 38.3. The molecule has 0 aliphatic heterocycles. The Hall–Kier alpha value is -0.850. The van der Waals surface area contributed by atoms with Crippen LogP contribution in [0.5, 0.6) is 0 Å². The van der Waals surface area contributed by atoms with E-state index in [9.17, 15) is 4.79 Å². The number of alkyl carbamates (subject to hydrolysis) is 1. The maximum absolute atomic E-state index is 11.9. The number of hydrogen-bond acceptors (Lipinski definition) is 5. The van der Waals surface area contributed by atoms with Gasteiger partial charge in [-0.25, -0.2) is 4.79 Å². The number of carbonyl (C=O) groups is 1. The average molecular weight is 627 g/mol. The van der Waals surface area contributed by atoms with E-state index in [-0.39, 0.29) is 12.8 Å². The molecule has 6 heteroatoms. The van der Waals surface area contributed by atoms with Crippen molar-refractivity contribution in [2.24, 2.45) is 0 Å². The molecule has 2 N–H and O–H groups in total. The summed E-state index contributed by atoms with van der Waals surface area (Å²) in [6, 6.07) is 0. The van der Waals surface area contributed by atoms with Crippen LogP contribution in [0.15, 0.2) is 0 Å². The van der Waals surface area contributed by atoms with Gasteiger partial charge in [0.2, 0.25) is 0 Å². The number of carbonyl (C=O) groups excluding carboxylic acids is 1. The first-order valence-corrected chi connectivity index (χ1v) is 19.5. The van der Waals surface area contributed by atoms with Crippen LogP contribution in [-0.2, 0) is 14.2 Å². The minimum absolute atomic E-state index is 0.134. The lowest BCUT2D eigenvalue weighted by molar-refractivity contribution is -0.0175. The van der Waals surface area contributed by atoms with Crippen molar-refractivity contribution in [3.63, 3.8) is 0 Å². The van der Waals surface area contributed by atoms with E-state index in [0.717, 1.165) is 26.1 Å². The van der Waals surface area contributed by atoms with Gasteiger partial charge in [0.15, 0.2) is 0 Å². The molecule has 0 aliphatic carbocycles. The van der Waals surface area contributed by atoms with Crippen molar-refractivity contribution in [1.29, 1.82) is 0 Å². The Bertz CT molecular complexity index is 549. The first-order chi connectivity index (χ1) is 21.7. The monoisotopic (exact) mass is 627 g/mol. The number of hydrogen-bond donors (Lipinski definition) is 2. The molecule has 0 spiro atoms. The second-order valence-electron chi connectivity index (χ2n) is 13.1. The highest BCUT2D eigenvalue weighted by Crippen LogP contribution is 2.14. The van der Waals surface area contributed by atoms with Gasteiger partial charge in [-0.15, -0.1) is 0 Å². The van der Waals surface area contributed by atoms with Crippen molar-refractivity contribution in [1.82, 2.24) is 10.6 Å². The fraction of sp³-hybridized carbons (Fsp3) is 0.974. The minimum Gasteiger partial charge on any atom is -0.434 e. The molecule has 0 fully saturated rings. The molecule has 1 unspecified atom stereocenters. The third kappa shape index (κ3) is 35.6. The lowest BCUT2D eigenvalue weighted by Gasteiger charge is -2.19. The van der Waals surface area contributed by atoms with Crippen LogP contribution in [0.25, 0.3) is 0 Å². The van der Waals surface area contributed by atoms with Gasteiger partial charge < -0.3 is 19.5 Å². The third-order valence-electron chi connectivity index (χ3n) is 8.62. The van der Waals surface area contributed by atoms with E-state index in [1.807, 2.05) is 0 Å². The van der Waals surface area contributed by atoms with Gasteiger partial charge in [0.25, 0.3) is 0 Å². The van der Waals surface area contributed by atoms with Crippen molar-refractivity contribution in [3.8, 4) is 0 Å². The molecule has 1 amide bonds. The molecule has 0 aromatic heterocycles. The lowest BCUT2D eigenvalue weighted by atomic mass is 10.0. The molecule has 0 heterocycles. The van der Waals surface area contributed by atoms with Crippen LogP contribution in [0, 0.1) is 0 Å². The zero-order valence-corrected chi connectivity index (χ0v) is 30.0. The van der Waals surface area contributed by atoms with Crippen LogP contribution in [0.3, 0.4) is 0 Å². The molecule has 0 saturated heterocycles. The number of nitrogens with one attached hydrogen (secondary N) is 2. The topological polar surface area (TPSA) is 68.8 Å². The molecule has 0 aliphatic rings. The summed E-state index contributed by atoms with van der Waals surface area (Å²) in [5.41, 5.74) is 0. The van der Waals surface area contributed by atoms with Crippen LogP contribution in [0.2, 0.25) is 0 Å². The molecule has 0 saturated carbocycles. The largest absolute Gasteiger partial charge is 0.434 e. The molecular weight excluding hydrogens is 548 g/mol. The van der Waals surface area contributed by atoms with Gasteiger partial charge in [0, 0.05) is 19.8 Å². The SMILES string of the molecule is CCCCCCCCCCCCCCCCOCC(CNC(=O)OCNC)OCCCCCCCCCCCCCCCC. The Balaban J connectivity index is 3.78. The van der Waals surface area contributed by atoms with E-state index in [2.05, 4.69) is 24.5 Å². The lowest BCUT2D eigenvalue weighted by Crippen LogP contribution is -2.37. The summed E-state index contributed by atoms with van der Waals surface area (Å²) in [7, 11) is 1.75. The van der Waals surface area contributed by atoms with E-state index in [4.69, 9.17) is 14.2 Å². The first kappa shape index (κ1) is 43.1. The summed E-state index contributed by atoms with van der Waals surface area (Å²) in [6.07, 6.45) is 37.4. The van der Waals surface area contributed by atoms with Gasteiger partial charge in [-0.3, -0.25) is 5.32 Å². The van der Waals surface area contributed by atoms with Gasteiger partial charge in [0.05, 0.1) is 12.7 Å². The number of ether oxygens (including phenoxy) is 3. The van der Waals surface area contributed by atoms with E-state index in [1.54, 1.807) is 7.05 Å². The fourth-order valence-electron chi connectivity index (χ4n) is 5.71. The summed E-state index contributed by atoms with van der Waals surface area (Å²) in [6.45, 7) is 7.19. The minimum atomic E-state index is -0.420. The maximum Gasteiger partial charge on any atom is 0.408 e. The standard InChI is InChI=1S/C38H78N2O4/c1-4-6-8-10-12-14-16-18-20-22-24-26-28-30-32-42-35-37(34-40-38(41)44-36-39-3)43-33-31-29-27-25-23-21-19-17-15-13-11-9-7-5-2/h37,39H,4-36H2,1-3H3,(H,40,41). The maximum atomic E-state index is 11.9. The molecule has 0 radical (unpaired) electrons. The molecule has 264 valence electrons. The number of unbranched alkanes of at least 4 members (excludes halogenated alkanes) is 26. The smallest absolute Gasteiger partial charge is 0.408 e. The molecular formula is C38H78N2O4. The Labute approximate surface area is 275 Å². The quantitative estimate of drug-likeness (QED) is 0.0530. The highest BCUT2D eigenvalue weighted by molar-refractivity contribution is 5.67.